The fraction of sp³-hybridized carbons (Fsp3) is 0.467. The highest BCUT2D eigenvalue weighted by Gasteiger charge is 2.24. The summed E-state index contributed by atoms with van der Waals surface area (Å²) in [5.41, 5.74) is 2.73. The number of aromatic nitrogens is 2. The first-order valence-electron chi connectivity index (χ1n) is 6.96. The van der Waals surface area contributed by atoms with Crippen molar-refractivity contribution in [1.82, 2.24) is 15.5 Å². The zero-order chi connectivity index (χ0) is 13.9. The van der Waals surface area contributed by atoms with Crippen molar-refractivity contribution in [1.29, 1.82) is 0 Å². The second kappa shape index (κ2) is 5.97. The average Bonchev–Trinajstić information content (AvgIpc) is 2.93. The van der Waals surface area contributed by atoms with Gasteiger partial charge in [0, 0.05) is 6.54 Å². The molecule has 1 aromatic heterocycles. The lowest BCUT2D eigenvalue weighted by atomic mass is 9.96. The Morgan fingerprint density at radius 3 is 2.95 bits per heavy atom. The van der Waals surface area contributed by atoms with Gasteiger partial charge in [0.15, 0.2) is 5.82 Å². The standard InChI is InChI=1S/C15H19N3OS/c1-10(2)20-9-14-17-15(19-18-14)13-7-11-5-3-4-6-12(11)8-16-13/h3-6,10,13,16H,7-9H2,1-2H3/t13-/m1/s1. The van der Waals surface area contributed by atoms with Gasteiger partial charge in [-0.25, -0.2) is 0 Å². The summed E-state index contributed by atoms with van der Waals surface area (Å²) in [6.07, 6.45) is 0.912. The number of hydrogen-bond acceptors (Lipinski definition) is 5. The van der Waals surface area contributed by atoms with E-state index < -0.39 is 0 Å². The highest BCUT2D eigenvalue weighted by Crippen LogP contribution is 2.25. The van der Waals surface area contributed by atoms with Gasteiger partial charge in [0.2, 0.25) is 5.89 Å². The third-order valence-electron chi connectivity index (χ3n) is 3.41. The molecule has 0 saturated carbocycles. The second-order valence-corrected chi connectivity index (χ2v) is 6.88. The van der Waals surface area contributed by atoms with Crippen LogP contribution in [0.1, 0.15) is 42.7 Å². The lowest BCUT2D eigenvalue weighted by molar-refractivity contribution is 0.319. The van der Waals surface area contributed by atoms with E-state index >= 15 is 0 Å². The number of nitrogens with one attached hydrogen (secondary N) is 1. The first-order chi connectivity index (χ1) is 9.72. The van der Waals surface area contributed by atoms with Crippen LogP contribution >= 0.6 is 11.8 Å². The summed E-state index contributed by atoms with van der Waals surface area (Å²) < 4.78 is 5.41. The van der Waals surface area contributed by atoms with Gasteiger partial charge in [0.25, 0.3) is 0 Å². The first kappa shape index (κ1) is 13.6. The molecule has 0 saturated heterocycles. The van der Waals surface area contributed by atoms with Crippen LogP contribution in [0.5, 0.6) is 0 Å². The normalized spacial score (nSPS) is 18.2. The molecular weight excluding hydrogens is 270 g/mol. The van der Waals surface area contributed by atoms with Gasteiger partial charge in [-0.2, -0.15) is 16.7 Å². The number of rotatable bonds is 4. The van der Waals surface area contributed by atoms with E-state index in [-0.39, 0.29) is 6.04 Å². The summed E-state index contributed by atoms with van der Waals surface area (Å²) in [4.78, 5) is 4.52. The van der Waals surface area contributed by atoms with Gasteiger partial charge in [-0.05, 0) is 22.8 Å². The van der Waals surface area contributed by atoms with Crippen LogP contribution in [0.25, 0.3) is 0 Å². The largest absolute Gasteiger partial charge is 0.338 e. The third kappa shape index (κ3) is 3.04. The fourth-order valence-corrected chi connectivity index (χ4v) is 2.94. The maximum atomic E-state index is 5.41. The van der Waals surface area contributed by atoms with Crippen LogP contribution < -0.4 is 5.32 Å². The van der Waals surface area contributed by atoms with E-state index in [0.717, 1.165) is 24.5 Å². The van der Waals surface area contributed by atoms with E-state index in [1.807, 2.05) is 11.8 Å². The molecule has 0 amide bonds. The van der Waals surface area contributed by atoms with Crippen LogP contribution in [0.4, 0.5) is 0 Å². The van der Waals surface area contributed by atoms with Crippen LogP contribution in [-0.4, -0.2) is 15.4 Å². The smallest absolute Gasteiger partial charge is 0.244 e. The molecule has 0 radical (unpaired) electrons. The van der Waals surface area contributed by atoms with E-state index in [0.29, 0.717) is 11.1 Å². The third-order valence-corrected chi connectivity index (χ3v) is 4.50. The first-order valence-corrected chi connectivity index (χ1v) is 8.01. The summed E-state index contributed by atoms with van der Waals surface area (Å²) in [5, 5.41) is 8.12. The van der Waals surface area contributed by atoms with Crippen molar-refractivity contribution >= 4 is 11.8 Å². The molecule has 2 heterocycles. The van der Waals surface area contributed by atoms with Crippen LogP contribution in [0.3, 0.4) is 0 Å². The summed E-state index contributed by atoms with van der Waals surface area (Å²) in [6.45, 7) is 5.20. The lowest BCUT2D eigenvalue weighted by Gasteiger charge is -2.23. The van der Waals surface area contributed by atoms with Gasteiger partial charge >= 0.3 is 0 Å². The van der Waals surface area contributed by atoms with Gasteiger partial charge in [-0.1, -0.05) is 43.3 Å². The Morgan fingerprint density at radius 1 is 1.35 bits per heavy atom. The molecule has 106 valence electrons. The Kier molecular flexibility index (Phi) is 4.08. The molecule has 20 heavy (non-hydrogen) atoms. The Morgan fingerprint density at radius 2 is 2.15 bits per heavy atom. The monoisotopic (exact) mass is 289 g/mol. The molecular formula is C15H19N3OS. The molecule has 1 atom stereocenters. The van der Waals surface area contributed by atoms with Crippen molar-refractivity contribution in [3.05, 3.63) is 47.1 Å². The predicted octanol–water partition coefficient (Wildman–Crippen LogP) is 3.10. The zero-order valence-electron chi connectivity index (χ0n) is 11.8. The minimum Gasteiger partial charge on any atom is -0.338 e. The van der Waals surface area contributed by atoms with Crippen molar-refractivity contribution in [2.45, 2.75) is 43.9 Å². The van der Waals surface area contributed by atoms with Gasteiger partial charge in [-0.3, -0.25) is 0 Å². The van der Waals surface area contributed by atoms with E-state index in [4.69, 9.17) is 4.52 Å². The summed E-state index contributed by atoms with van der Waals surface area (Å²) in [6, 6.07) is 8.64. The summed E-state index contributed by atoms with van der Waals surface area (Å²) in [7, 11) is 0. The van der Waals surface area contributed by atoms with Crippen molar-refractivity contribution in [2.75, 3.05) is 0 Å². The average molecular weight is 289 g/mol. The van der Waals surface area contributed by atoms with E-state index in [9.17, 15) is 0 Å². The lowest BCUT2D eigenvalue weighted by Crippen LogP contribution is -2.28. The molecule has 1 aromatic carbocycles. The van der Waals surface area contributed by atoms with Crippen molar-refractivity contribution in [3.8, 4) is 0 Å². The zero-order valence-corrected chi connectivity index (χ0v) is 12.6. The molecule has 0 bridgehead atoms. The molecule has 1 aliphatic rings. The van der Waals surface area contributed by atoms with Crippen LogP contribution in [-0.2, 0) is 18.7 Å². The second-order valence-electron chi connectivity index (χ2n) is 5.31. The minimum atomic E-state index is 0.134. The molecule has 3 rings (SSSR count). The van der Waals surface area contributed by atoms with Gasteiger partial charge in [0.1, 0.15) is 0 Å². The number of thioether (sulfide) groups is 1. The molecule has 1 N–H and O–H groups in total. The SMILES string of the molecule is CC(C)SCc1noc([C@H]2Cc3ccccc3CN2)n1. The van der Waals surface area contributed by atoms with E-state index in [2.05, 4.69) is 53.6 Å². The number of fused-ring (bicyclic) bond motifs is 1. The molecule has 0 spiro atoms. The van der Waals surface area contributed by atoms with Crippen LogP contribution in [0, 0.1) is 0 Å². The minimum absolute atomic E-state index is 0.134. The number of nitrogens with zero attached hydrogens (tertiary/aromatic N) is 2. The molecule has 0 aliphatic carbocycles. The van der Waals surface area contributed by atoms with E-state index in [1.165, 1.54) is 11.1 Å². The van der Waals surface area contributed by atoms with Crippen molar-refractivity contribution < 1.29 is 4.52 Å². The molecule has 2 aromatic rings. The van der Waals surface area contributed by atoms with Crippen molar-refractivity contribution in [3.63, 3.8) is 0 Å². The van der Waals surface area contributed by atoms with E-state index in [1.54, 1.807) is 0 Å². The van der Waals surface area contributed by atoms with Gasteiger partial charge in [0.05, 0.1) is 11.8 Å². The quantitative estimate of drug-likeness (QED) is 0.937. The van der Waals surface area contributed by atoms with Gasteiger partial charge < -0.3 is 9.84 Å². The summed E-state index contributed by atoms with van der Waals surface area (Å²) in [5.74, 6) is 2.31. The van der Waals surface area contributed by atoms with Gasteiger partial charge in [-0.15, -0.1) is 0 Å². The Labute approximate surface area is 123 Å². The number of benzene rings is 1. The number of hydrogen-bond donors (Lipinski definition) is 1. The maximum absolute atomic E-state index is 5.41. The maximum Gasteiger partial charge on any atom is 0.244 e. The van der Waals surface area contributed by atoms with Crippen LogP contribution in [0.2, 0.25) is 0 Å². The highest BCUT2D eigenvalue weighted by atomic mass is 32.2. The molecule has 0 fully saturated rings. The summed E-state index contributed by atoms with van der Waals surface area (Å²) >= 11 is 1.83. The Hall–Kier alpha value is -1.33. The topological polar surface area (TPSA) is 51.0 Å². The Balaban J connectivity index is 1.69. The molecule has 5 heteroatoms. The molecule has 4 nitrogen and oxygen atoms in total. The fourth-order valence-electron chi connectivity index (χ4n) is 2.34. The Bertz CT molecular complexity index is 582. The highest BCUT2D eigenvalue weighted by molar-refractivity contribution is 7.99. The van der Waals surface area contributed by atoms with Crippen molar-refractivity contribution in [2.24, 2.45) is 0 Å². The molecule has 0 unspecified atom stereocenters. The van der Waals surface area contributed by atoms with Crippen LogP contribution in [0.15, 0.2) is 28.8 Å². The predicted molar refractivity (Wildman–Crippen MR) is 80.5 cm³/mol. The molecule has 1 aliphatic heterocycles.